The number of benzene rings is 1. The summed E-state index contributed by atoms with van der Waals surface area (Å²) < 4.78 is 65.9. The van der Waals surface area contributed by atoms with Crippen molar-refractivity contribution in [1.82, 2.24) is 9.62 Å². The molecule has 2 fully saturated rings. The molecule has 2 heterocycles. The highest BCUT2D eigenvalue weighted by Gasteiger charge is 2.48. The first kappa shape index (κ1) is 27.1. The van der Waals surface area contributed by atoms with Crippen LogP contribution in [-0.2, 0) is 27.7 Å². The van der Waals surface area contributed by atoms with E-state index in [4.69, 9.17) is 4.99 Å². The van der Waals surface area contributed by atoms with Crippen LogP contribution in [0, 0.1) is 25.7 Å². The highest BCUT2D eigenvalue weighted by Crippen LogP contribution is 2.36. The summed E-state index contributed by atoms with van der Waals surface area (Å²) in [5.74, 6) is 1.52. The standard InChI is InChI=1S/C26H36F3N3O3S/c1-17-4-6-21(7-5-17)23-30-24(33)25(31-23)9-11-32(12-10-25)36(34,35)13-8-22-18(2)14-20(15-19(22)3)16-26(27,28)29/h14-15,17,21H,4-13,16H2,1-3H3,(H,30,31,33)/t17-,21-. The number of aliphatic imine (C=N–C) groups is 1. The number of amides is 1. The Bertz CT molecular complexity index is 1110. The number of nitrogens with zero attached hydrogens (tertiary/aromatic N) is 2. The van der Waals surface area contributed by atoms with E-state index in [0.29, 0.717) is 29.9 Å². The zero-order valence-electron chi connectivity index (χ0n) is 21.2. The van der Waals surface area contributed by atoms with E-state index in [0.717, 1.165) is 37.1 Å². The Morgan fingerprint density at radius 2 is 1.67 bits per heavy atom. The monoisotopic (exact) mass is 527 g/mol. The number of carbonyl (C=O) groups is 1. The SMILES string of the molecule is Cc1cc(CC(F)(F)F)cc(C)c1CCS(=O)(=O)N1CCC2(CC1)N=C([C@H]1CC[C@H](C)CC1)NC2=O. The summed E-state index contributed by atoms with van der Waals surface area (Å²) in [5, 5.41) is 3.00. The summed E-state index contributed by atoms with van der Waals surface area (Å²) in [6, 6.07) is 2.99. The average Bonchev–Trinajstić information content (AvgIpc) is 3.08. The molecule has 1 aromatic carbocycles. The smallest absolute Gasteiger partial charge is 0.312 e. The van der Waals surface area contributed by atoms with Crippen molar-refractivity contribution in [2.45, 2.75) is 83.9 Å². The zero-order chi connectivity index (χ0) is 26.3. The zero-order valence-corrected chi connectivity index (χ0v) is 22.1. The van der Waals surface area contributed by atoms with E-state index in [1.807, 2.05) is 0 Å². The van der Waals surface area contributed by atoms with E-state index in [1.54, 1.807) is 13.8 Å². The number of hydrogen-bond donors (Lipinski definition) is 1. The molecule has 1 spiro atoms. The maximum absolute atomic E-state index is 13.1. The van der Waals surface area contributed by atoms with Gasteiger partial charge in [-0.05, 0) is 74.1 Å². The number of hydrogen-bond acceptors (Lipinski definition) is 4. The fraction of sp³-hybridized carbons (Fsp3) is 0.692. The summed E-state index contributed by atoms with van der Waals surface area (Å²) >= 11 is 0. The third-order valence-corrected chi connectivity index (χ3v) is 9.99. The van der Waals surface area contributed by atoms with Gasteiger partial charge in [-0.1, -0.05) is 31.9 Å². The molecule has 10 heteroatoms. The van der Waals surface area contributed by atoms with Crippen LogP contribution >= 0.6 is 0 Å². The second kappa shape index (κ2) is 10.1. The van der Waals surface area contributed by atoms with Crippen molar-refractivity contribution < 1.29 is 26.4 Å². The van der Waals surface area contributed by atoms with Gasteiger partial charge in [0.15, 0.2) is 0 Å². The normalized spacial score (nSPS) is 25.2. The molecule has 2 aliphatic heterocycles. The molecule has 6 nitrogen and oxygen atoms in total. The van der Waals surface area contributed by atoms with Crippen LogP contribution in [0.15, 0.2) is 17.1 Å². The van der Waals surface area contributed by atoms with Crippen molar-refractivity contribution in [2.24, 2.45) is 16.8 Å². The molecule has 0 radical (unpaired) electrons. The number of rotatable bonds is 6. The number of amidine groups is 1. The third kappa shape index (κ3) is 5.96. The maximum atomic E-state index is 13.1. The van der Waals surface area contributed by atoms with Gasteiger partial charge in [-0.3, -0.25) is 9.79 Å². The molecule has 1 aromatic rings. The van der Waals surface area contributed by atoms with Crippen LogP contribution in [0.25, 0.3) is 0 Å². The van der Waals surface area contributed by atoms with Crippen LogP contribution in [-0.4, -0.2) is 55.0 Å². The molecular weight excluding hydrogens is 491 g/mol. The summed E-state index contributed by atoms with van der Waals surface area (Å²) in [6.45, 7) is 6.16. The lowest BCUT2D eigenvalue weighted by molar-refractivity contribution is -0.127. The van der Waals surface area contributed by atoms with Crippen LogP contribution in [0.4, 0.5) is 13.2 Å². The van der Waals surface area contributed by atoms with Gasteiger partial charge in [-0.25, -0.2) is 12.7 Å². The van der Waals surface area contributed by atoms with Crippen molar-refractivity contribution >= 4 is 21.8 Å². The summed E-state index contributed by atoms with van der Waals surface area (Å²) in [5.41, 5.74) is 1.42. The second-order valence-electron chi connectivity index (χ2n) is 10.9. The topological polar surface area (TPSA) is 78.8 Å². The van der Waals surface area contributed by atoms with Crippen molar-refractivity contribution in [3.8, 4) is 0 Å². The lowest BCUT2D eigenvalue weighted by atomic mass is 9.82. The lowest BCUT2D eigenvalue weighted by Gasteiger charge is -2.34. The summed E-state index contributed by atoms with van der Waals surface area (Å²) in [7, 11) is -3.58. The third-order valence-electron chi connectivity index (χ3n) is 8.11. The number of alkyl halides is 3. The predicted molar refractivity (Wildman–Crippen MR) is 133 cm³/mol. The number of piperidine rings is 1. The number of sulfonamides is 1. The van der Waals surface area contributed by atoms with E-state index in [-0.39, 0.29) is 42.7 Å². The Morgan fingerprint density at radius 1 is 1.08 bits per heavy atom. The quantitative estimate of drug-likeness (QED) is 0.593. The molecule has 1 saturated heterocycles. The Balaban J connectivity index is 1.37. The molecule has 4 rings (SSSR count). The molecule has 0 atom stereocenters. The van der Waals surface area contributed by atoms with E-state index in [2.05, 4.69) is 12.2 Å². The average molecular weight is 528 g/mol. The fourth-order valence-electron chi connectivity index (χ4n) is 5.91. The number of halogens is 3. The lowest BCUT2D eigenvalue weighted by Crippen LogP contribution is -2.51. The predicted octanol–water partition coefficient (Wildman–Crippen LogP) is 4.47. The van der Waals surface area contributed by atoms with Gasteiger partial charge >= 0.3 is 6.18 Å². The van der Waals surface area contributed by atoms with Crippen LogP contribution in [0.2, 0.25) is 0 Å². The van der Waals surface area contributed by atoms with E-state index in [1.165, 1.54) is 16.4 Å². The van der Waals surface area contributed by atoms with E-state index >= 15 is 0 Å². The van der Waals surface area contributed by atoms with Crippen molar-refractivity contribution in [3.63, 3.8) is 0 Å². The Labute approximate surface area is 211 Å². The number of nitrogens with one attached hydrogen (secondary N) is 1. The molecule has 1 amide bonds. The Kier molecular flexibility index (Phi) is 7.59. The van der Waals surface area contributed by atoms with Crippen LogP contribution in [0.3, 0.4) is 0 Å². The molecular formula is C26H36F3N3O3S. The van der Waals surface area contributed by atoms with Gasteiger partial charge in [-0.15, -0.1) is 0 Å². The fourth-order valence-corrected chi connectivity index (χ4v) is 7.37. The summed E-state index contributed by atoms with van der Waals surface area (Å²) in [4.78, 5) is 17.7. The molecule has 3 aliphatic rings. The second-order valence-corrected chi connectivity index (χ2v) is 13.0. The van der Waals surface area contributed by atoms with E-state index in [9.17, 15) is 26.4 Å². The highest BCUT2D eigenvalue weighted by atomic mass is 32.2. The number of carbonyl (C=O) groups excluding carboxylic acids is 1. The molecule has 0 aromatic heterocycles. The molecule has 1 N–H and O–H groups in total. The van der Waals surface area contributed by atoms with Gasteiger partial charge in [0.25, 0.3) is 5.91 Å². The first-order valence-corrected chi connectivity index (χ1v) is 14.4. The van der Waals surface area contributed by atoms with Gasteiger partial charge in [0.2, 0.25) is 10.0 Å². The van der Waals surface area contributed by atoms with Crippen LogP contribution in [0.5, 0.6) is 0 Å². The molecule has 1 aliphatic carbocycles. The molecule has 0 bridgehead atoms. The first-order valence-electron chi connectivity index (χ1n) is 12.8. The van der Waals surface area contributed by atoms with Crippen LogP contribution in [0.1, 0.15) is 67.7 Å². The molecule has 36 heavy (non-hydrogen) atoms. The van der Waals surface area contributed by atoms with Crippen LogP contribution < -0.4 is 5.32 Å². The highest BCUT2D eigenvalue weighted by molar-refractivity contribution is 7.89. The van der Waals surface area contributed by atoms with Crippen molar-refractivity contribution in [1.29, 1.82) is 0 Å². The largest absolute Gasteiger partial charge is 0.393 e. The number of aryl methyl sites for hydroxylation is 2. The van der Waals surface area contributed by atoms with Crippen molar-refractivity contribution in [2.75, 3.05) is 18.8 Å². The molecule has 1 saturated carbocycles. The minimum absolute atomic E-state index is 0.113. The Hall–Kier alpha value is -1.94. The van der Waals surface area contributed by atoms with Gasteiger partial charge in [-0.2, -0.15) is 13.2 Å². The minimum Gasteiger partial charge on any atom is -0.312 e. The van der Waals surface area contributed by atoms with Gasteiger partial charge in [0, 0.05) is 19.0 Å². The van der Waals surface area contributed by atoms with Gasteiger partial charge < -0.3 is 5.32 Å². The maximum Gasteiger partial charge on any atom is 0.393 e. The van der Waals surface area contributed by atoms with E-state index < -0.39 is 28.2 Å². The molecule has 200 valence electrons. The van der Waals surface area contributed by atoms with Gasteiger partial charge in [0.1, 0.15) is 11.4 Å². The Morgan fingerprint density at radius 3 is 2.22 bits per heavy atom. The van der Waals surface area contributed by atoms with Gasteiger partial charge in [0.05, 0.1) is 12.2 Å². The van der Waals surface area contributed by atoms with Crippen molar-refractivity contribution in [3.05, 3.63) is 34.4 Å². The first-order chi connectivity index (χ1) is 16.8. The summed E-state index contributed by atoms with van der Waals surface area (Å²) in [6.07, 6.45) is -0.0443. The molecule has 0 unspecified atom stereocenters. The minimum atomic E-state index is -4.29.